The van der Waals surface area contributed by atoms with Crippen LogP contribution in [0.4, 0.5) is 18.9 Å². The summed E-state index contributed by atoms with van der Waals surface area (Å²) < 4.78 is 37.7. The molecule has 20 heavy (non-hydrogen) atoms. The monoisotopic (exact) mass is 302 g/mol. The van der Waals surface area contributed by atoms with Crippen molar-refractivity contribution in [3.63, 3.8) is 0 Å². The van der Waals surface area contributed by atoms with E-state index in [0.717, 1.165) is 32.5 Å². The molecule has 0 amide bonds. The van der Waals surface area contributed by atoms with Crippen molar-refractivity contribution in [2.24, 2.45) is 5.92 Å². The van der Waals surface area contributed by atoms with Gasteiger partial charge in [-0.3, -0.25) is 0 Å². The van der Waals surface area contributed by atoms with Crippen molar-refractivity contribution < 1.29 is 13.2 Å². The van der Waals surface area contributed by atoms with Crippen molar-refractivity contribution >= 4 is 17.4 Å². The van der Waals surface area contributed by atoms with Crippen molar-refractivity contribution in [3.05, 3.63) is 24.3 Å². The molecule has 3 heterocycles. The molecule has 4 rings (SSSR count). The molecule has 0 radical (unpaired) electrons. The summed E-state index contributed by atoms with van der Waals surface area (Å²) in [5.41, 5.74) is -3.64. The van der Waals surface area contributed by atoms with E-state index >= 15 is 0 Å². The van der Waals surface area contributed by atoms with E-state index in [1.807, 2.05) is 0 Å². The lowest BCUT2D eigenvalue weighted by molar-refractivity contribution is -0.0328. The largest absolute Gasteiger partial charge is 0.446 e. The fraction of sp³-hybridized carbons (Fsp3) is 0.571. The van der Waals surface area contributed by atoms with Gasteiger partial charge in [-0.25, -0.2) is 0 Å². The smallest absolute Gasteiger partial charge is 0.380 e. The highest BCUT2D eigenvalue weighted by atomic mass is 32.2. The number of alkyl halides is 3. The Bertz CT molecular complexity index is 470. The standard InChI is InChI=1S/C14H17F3N2S/c15-14(16,17)20-13-4-2-1-3-11(13)18-12-9-19-7-5-10(12)6-8-19/h1-4,10,12,18H,5-9H2. The second kappa shape index (κ2) is 5.48. The Kier molecular flexibility index (Phi) is 3.86. The van der Waals surface area contributed by atoms with Crippen LogP contribution in [0, 0.1) is 5.92 Å². The van der Waals surface area contributed by atoms with Crippen molar-refractivity contribution in [2.75, 3.05) is 25.0 Å². The molecule has 1 aromatic rings. The lowest BCUT2D eigenvalue weighted by Crippen LogP contribution is -2.53. The molecule has 1 atom stereocenters. The molecule has 2 bridgehead atoms. The molecular weight excluding hydrogens is 285 g/mol. The van der Waals surface area contributed by atoms with E-state index in [2.05, 4.69) is 10.2 Å². The summed E-state index contributed by atoms with van der Waals surface area (Å²) in [6, 6.07) is 6.97. The van der Waals surface area contributed by atoms with Gasteiger partial charge in [-0.2, -0.15) is 13.2 Å². The van der Waals surface area contributed by atoms with Gasteiger partial charge in [-0.05, 0) is 55.7 Å². The molecule has 0 aromatic heterocycles. The first-order valence-corrected chi connectivity index (χ1v) is 7.66. The van der Waals surface area contributed by atoms with Gasteiger partial charge < -0.3 is 10.2 Å². The molecule has 0 spiro atoms. The average molecular weight is 302 g/mol. The first-order chi connectivity index (χ1) is 9.51. The molecule has 6 heteroatoms. The zero-order chi connectivity index (χ0) is 14.2. The Morgan fingerprint density at radius 1 is 1.15 bits per heavy atom. The second-order valence-corrected chi connectivity index (χ2v) is 6.54. The third-order valence-electron chi connectivity index (χ3n) is 4.11. The van der Waals surface area contributed by atoms with Crippen LogP contribution in [-0.4, -0.2) is 36.1 Å². The average Bonchev–Trinajstić information content (AvgIpc) is 2.41. The molecule has 1 N–H and O–H groups in total. The zero-order valence-corrected chi connectivity index (χ0v) is 11.8. The Labute approximate surface area is 120 Å². The summed E-state index contributed by atoms with van der Waals surface area (Å²) >= 11 is -0.0401. The first-order valence-electron chi connectivity index (χ1n) is 6.85. The molecule has 2 nitrogen and oxygen atoms in total. The number of nitrogens with one attached hydrogen (secondary N) is 1. The van der Waals surface area contributed by atoms with Crippen LogP contribution in [0.3, 0.4) is 0 Å². The first kappa shape index (κ1) is 14.1. The Hall–Kier alpha value is -0.880. The van der Waals surface area contributed by atoms with Crippen LogP contribution >= 0.6 is 11.8 Å². The van der Waals surface area contributed by atoms with E-state index in [4.69, 9.17) is 0 Å². The van der Waals surface area contributed by atoms with Gasteiger partial charge in [0.25, 0.3) is 0 Å². The maximum atomic E-state index is 12.6. The number of thioether (sulfide) groups is 1. The number of piperidine rings is 3. The third-order valence-corrected chi connectivity index (χ3v) is 4.92. The molecule has 3 saturated heterocycles. The summed E-state index contributed by atoms with van der Waals surface area (Å²) in [6.45, 7) is 3.19. The highest BCUT2D eigenvalue weighted by Crippen LogP contribution is 2.41. The number of anilines is 1. The molecule has 3 aliphatic heterocycles. The van der Waals surface area contributed by atoms with Crippen LogP contribution in [0.25, 0.3) is 0 Å². The number of hydrogen-bond donors (Lipinski definition) is 1. The summed E-state index contributed by atoms with van der Waals surface area (Å²) in [5.74, 6) is 0.587. The van der Waals surface area contributed by atoms with E-state index in [9.17, 15) is 13.2 Å². The minimum atomic E-state index is -4.24. The Balaban J connectivity index is 1.74. The van der Waals surface area contributed by atoms with Crippen LogP contribution in [0.15, 0.2) is 29.2 Å². The number of fused-ring (bicyclic) bond motifs is 3. The third kappa shape index (κ3) is 3.23. The number of nitrogens with zero attached hydrogens (tertiary/aromatic N) is 1. The van der Waals surface area contributed by atoms with E-state index in [1.54, 1.807) is 18.2 Å². The normalized spacial score (nSPS) is 29.4. The molecule has 1 aromatic carbocycles. The van der Waals surface area contributed by atoms with Crippen LogP contribution in [0.5, 0.6) is 0 Å². The molecule has 0 saturated carbocycles. The quantitative estimate of drug-likeness (QED) is 0.855. The maximum Gasteiger partial charge on any atom is 0.446 e. The van der Waals surface area contributed by atoms with E-state index in [-0.39, 0.29) is 22.7 Å². The van der Waals surface area contributed by atoms with Crippen molar-refractivity contribution in [1.82, 2.24) is 4.90 Å². The molecule has 3 fully saturated rings. The van der Waals surface area contributed by atoms with Crippen LogP contribution in [-0.2, 0) is 0 Å². The highest BCUT2D eigenvalue weighted by Gasteiger charge is 2.35. The lowest BCUT2D eigenvalue weighted by atomic mass is 9.84. The van der Waals surface area contributed by atoms with Gasteiger partial charge in [0.05, 0.1) is 0 Å². The fourth-order valence-corrected chi connectivity index (χ4v) is 3.76. The van der Waals surface area contributed by atoms with Crippen LogP contribution in [0.2, 0.25) is 0 Å². The lowest BCUT2D eigenvalue weighted by Gasteiger charge is -2.45. The fourth-order valence-electron chi connectivity index (χ4n) is 3.13. The topological polar surface area (TPSA) is 15.3 Å². The summed E-state index contributed by atoms with van der Waals surface area (Å²) in [5, 5.41) is 3.34. The predicted octanol–water partition coefficient (Wildman–Crippen LogP) is 3.80. The van der Waals surface area contributed by atoms with Gasteiger partial charge in [0.1, 0.15) is 0 Å². The molecular formula is C14H17F3N2S. The number of hydrogen-bond acceptors (Lipinski definition) is 3. The number of para-hydroxylation sites is 1. The Morgan fingerprint density at radius 2 is 1.85 bits per heavy atom. The molecule has 110 valence electrons. The SMILES string of the molecule is FC(F)(F)Sc1ccccc1NC1CN2CCC1CC2. The minimum Gasteiger partial charge on any atom is -0.380 e. The van der Waals surface area contributed by atoms with Crippen molar-refractivity contribution in [3.8, 4) is 0 Å². The minimum absolute atomic E-state index is 0.0401. The number of halogens is 3. The summed E-state index contributed by atoms with van der Waals surface area (Å²) in [4.78, 5) is 2.65. The molecule has 3 aliphatic rings. The molecule has 0 aliphatic carbocycles. The molecule has 1 unspecified atom stereocenters. The summed E-state index contributed by atoms with van der Waals surface area (Å²) in [7, 11) is 0. The van der Waals surface area contributed by atoms with E-state index in [0.29, 0.717) is 11.6 Å². The van der Waals surface area contributed by atoms with E-state index in [1.165, 1.54) is 6.07 Å². The van der Waals surface area contributed by atoms with Gasteiger partial charge in [0.2, 0.25) is 0 Å². The highest BCUT2D eigenvalue weighted by molar-refractivity contribution is 8.00. The number of benzene rings is 1. The van der Waals surface area contributed by atoms with Gasteiger partial charge in [-0.15, -0.1) is 0 Å². The zero-order valence-electron chi connectivity index (χ0n) is 11.0. The van der Waals surface area contributed by atoms with Gasteiger partial charge in [-0.1, -0.05) is 12.1 Å². The Morgan fingerprint density at radius 3 is 2.45 bits per heavy atom. The van der Waals surface area contributed by atoms with Gasteiger partial charge in [0.15, 0.2) is 0 Å². The predicted molar refractivity (Wildman–Crippen MR) is 74.9 cm³/mol. The van der Waals surface area contributed by atoms with Crippen molar-refractivity contribution in [1.29, 1.82) is 0 Å². The van der Waals surface area contributed by atoms with Gasteiger partial charge >= 0.3 is 5.51 Å². The maximum absolute atomic E-state index is 12.6. The second-order valence-electron chi connectivity index (χ2n) is 5.43. The van der Waals surface area contributed by atoms with E-state index < -0.39 is 5.51 Å². The van der Waals surface area contributed by atoms with Crippen LogP contribution < -0.4 is 5.32 Å². The van der Waals surface area contributed by atoms with Gasteiger partial charge in [0, 0.05) is 23.2 Å². The number of rotatable bonds is 3. The van der Waals surface area contributed by atoms with Crippen LogP contribution in [0.1, 0.15) is 12.8 Å². The van der Waals surface area contributed by atoms with Crippen molar-refractivity contribution in [2.45, 2.75) is 29.3 Å². The summed E-state index contributed by atoms with van der Waals surface area (Å²) in [6.07, 6.45) is 2.29.